The van der Waals surface area contributed by atoms with E-state index in [0.29, 0.717) is 24.6 Å². The molecule has 4 atom stereocenters. The van der Waals surface area contributed by atoms with Crippen molar-refractivity contribution in [1.82, 2.24) is 9.62 Å². The lowest BCUT2D eigenvalue weighted by atomic mass is 9.74. The summed E-state index contributed by atoms with van der Waals surface area (Å²) in [5, 5.41) is 13.0. The maximum Gasteiger partial charge on any atom is 0.324 e. The fraction of sp³-hybridized carbons (Fsp3) is 0.733. The zero-order valence-corrected chi connectivity index (χ0v) is 25.4. The summed E-state index contributed by atoms with van der Waals surface area (Å²) in [6.07, 6.45) is 7.68. The summed E-state index contributed by atoms with van der Waals surface area (Å²) in [7, 11) is -3.96. The van der Waals surface area contributed by atoms with Crippen LogP contribution in [0.15, 0.2) is 23.1 Å². The van der Waals surface area contributed by atoms with Crippen LogP contribution in [0.3, 0.4) is 0 Å². The van der Waals surface area contributed by atoms with Gasteiger partial charge in [0.2, 0.25) is 10.0 Å². The molecule has 0 radical (unpaired) electrons. The van der Waals surface area contributed by atoms with Crippen LogP contribution in [0, 0.1) is 23.7 Å². The van der Waals surface area contributed by atoms with Gasteiger partial charge < -0.3 is 14.8 Å². The summed E-state index contributed by atoms with van der Waals surface area (Å²) >= 11 is 0. The molecule has 218 valence electrons. The van der Waals surface area contributed by atoms with Crippen molar-refractivity contribution in [1.29, 1.82) is 5.26 Å². The number of aryl methyl sites for hydroxylation is 1. The Kier molecular flexibility index (Phi) is 10.5. The van der Waals surface area contributed by atoms with Gasteiger partial charge in [-0.05, 0) is 117 Å². The molecular weight excluding hydrogens is 514 g/mol. The average molecular weight is 562 g/mol. The molecule has 9 heteroatoms. The Morgan fingerprint density at radius 2 is 2.00 bits per heavy atom. The van der Waals surface area contributed by atoms with Crippen molar-refractivity contribution >= 4 is 16.0 Å². The highest BCUT2D eigenvalue weighted by atomic mass is 32.2. The lowest BCUT2D eigenvalue weighted by Crippen LogP contribution is -2.43. The van der Waals surface area contributed by atoms with Gasteiger partial charge in [0, 0.05) is 12.6 Å². The summed E-state index contributed by atoms with van der Waals surface area (Å²) in [5.74, 6) is -0.181. The highest BCUT2D eigenvalue weighted by Gasteiger charge is 2.42. The Bertz CT molecular complexity index is 1140. The Labute approximate surface area is 235 Å². The van der Waals surface area contributed by atoms with Crippen LogP contribution in [0.2, 0.25) is 0 Å². The number of nitrogens with one attached hydrogen (secondary N) is 1. The molecular formula is C30H47N3O5S. The number of sulfonamides is 1. The molecule has 0 unspecified atom stereocenters. The normalized spacial score (nSPS) is 25.2. The van der Waals surface area contributed by atoms with Crippen molar-refractivity contribution in [2.75, 3.05) is 13.1 Å². The average Bonchev–Trinajstić information content (AvgIpc) is 3.34. The van der Waals surface area contributed by atoms with Gasteiger partial charge in [-0.15, -0.1) is 0 Å². The first-order valence-electron chi connectivity index (χ1n) is 14.4. The third-order valence-electron chi connectivity index (χ3n) is 7.61. The van der Waals surface area contributed by atoms with Gasteiger partial charge in [-0.25, -0.2) is 8.42 Å². The number of unbranched alkanes of at least 4 members (excludes halogenated alkanes) is 1. The van der Waals surface area contributed by atoms with E-state index in [-0.39, 0.29) is 23.0 Å². The number of ether oxygens (including phenoxy) is 2. The molecule has 1 aromatic rings. The Morgan fingerprint density at radius 3 is 2.69 bits per heavy atom. The largest absolute Gasteiger partial charge is 0.489 e. The minimum absolute atomic E-state index is 0.0925. The molecule has 0 spiro atoms. The predicted octanol–water partition coefficient (Wildman–Crippen LogP) is 5.49. The summed E-state index contributed by atoms with van der Waals surface area (Å²) in [5.41, 5.74) is 0.0000930. The first-order valence-corrected chi connectivity index (χ1v) is 15.8. The summed E-state index contributed by atoms with van der Waals surface area (Å²) in [6, 6.07) is 7.15. The topological polar surface area (TPSA) is 109 Å². The van der Waals surface area contributed by atoms with Gasteiger partial charge in [-0.3, -0.25) is 4.79 Å². The standard InChI is InChI=1S/C30H47N3O5S/c1-22-14-15-27(39(35,36)33-18-10-13-25(33)28(34)38-29(3,4)5)26(19-22)37-23(2)11-7-8-17-32-24-12-9-16-30(6,20-24)21-31/h14-15,19,23-25,32H,7-13,16-18,20H2,1-6H3/t23-,24-,25+,30-/m1/s1. The van der Waals surface area contributed by atoms with Crippen LogP contribution in [-0.4, -0.2) is 55.6 Å². The summed E-state index contributed by atoms with van der Waals surface area (Å²) < 4.78 is 40.5. The molecule has 2 fully saturated rings. The number of rotatable bonds is 11. The Morgan fingerprint density at radius 1 is 1.26 bits per heavy atom. The number of hydrogen-bond acceptors (Lipinski definition) is 7. The van der Waals surface area contributed by atoms with Gasteiger partial charge >= 0.3 is 5.97 Å². The maximum atomic E-state index is 13.8. The van der Waals surface area contributed by atoms with Crippen LogP contribution in [0.1, 0.15) is 98.0 Å². The van der Waals surface area contributed by atoms with Crippen molar-refractivity contribution < 1.29 is 22.7 Å². The van der Waals surface area contributed by atoms with E-state index in [2.05, 4.69) is 18.3 Å². The smallest absolute Gasteiger partial charge is 0.324 e. The molecule has 0 bridgehead atoms. The van der Waals surface area contributed by atoms with Gasteiger partial charge in [0.25, 0.3) is 0 Å². The first-order chi connectivity index (χ1) is 18.2. The van der Waals surface area contributed by atoms with Crippen molar-refractivity contribution in [3.05, 3.63) is 23.8 Å². The van der Waals surface area contributed by atoms with E-state index >= 15 is 0 Å². The van der Waals surface area contributed by atoms with Gasteiger partial charge in [-0.1, -0.05) is 12.5 Å². The molecule has 1 aliphatic carbocycles. The van der Waals surface area contributed by atoms with Gasteiger partial charge in [0.15, 0.2) is 0 Å². The number of carbonyl (C=O) groups excluding carboxylic acids is 1. The van der Waals surface area contributed by atoms with E-state index in [1.807, 2.05) is 13.8 Å². The molecule has 1 aliphatic heterocycles. The minimum Gasteiger partial charge on any atom is -0.489 e. The molecule has 1 N–H and O–H groups in total. The van der Waals surface area contributed by atoms with E-state index < -0.39 is 27.6 Å². The van der Waals surface area contributed by atoms with E-state index in [1.54, 1.807) is 39.0 Å². The van der Waals surface area contributed by atoms with Crippen LogP contribution in [-0.2, 0) is 19.6 Å². The number of carbonyl (C=O) groups is 1. The second kappa shape index (κ2) is 13.0. The molecule has 0 amide bonds. The zero-order chi connectivity index (χ0) is 28.8. The maximum absolute atomic E-state index is 13.8. The Hall–Kier alpha value is -2.15. The van der Waals surface area contributed by atoms with Crippen molar-refractivity contribution in [2.45, 2.75) is 128 Å². The lowest BCUT2D eigenvalue weighted by Gasteiger charge is -2.33. The van der Waals surface area contributed by atoms with Gasteiger partial charge in [0.1, 0.15) is 22.3 Å². The quantitative estimate of drug-likeness (QED) is 0.281. The predicted molar refractivity (Wildman–Crippen MR) is 152 cm³/mol. The summed E-state index contributed by atoms with van der Waals surface area (Å²) in [6.45, 7) is 12.4. The van der Waals surface area contributed by atoms with Crippen LogP contribution in [0.4, 0.5) is 0 Å². The van der Waals surface area contributed by atoms with Crippen LogP contribution in [0.25, 0.3) is 0 Å². The van der Waals surface area contributed by atoms with Gasteiger partial charge in [0.05, 0.1) is 17.6 Å². The van der Waals surface area contributed by atoms with E-state index in [1.165, 1.54) is 4.31 Å². The molecule has 1 saturated carbocycles. The molecule has 2 aliphatic rings. The zero-order valence-electron chi connectivity index (χ0n) is 24.6. The van der Waals surface area contributed by atoms with E-state index in [9.17, 15) is 18.5 Å². The lowest BCUT2D eigenvalue weighted by molar-refractivity contribution is -0.158. The minimum atomic E-state index is -3.96. The number of esters is 1. The van der Waals surface area contributed by atoms with Crippen molar-refractivity contribution in [2.24, 2.45) is 5.41 Å². The van der Waals surface area contributed by atoms with Crippen LogP contribution < -0.4 is 10.1 Å². The molecule has 8 nitrogen and oxygen atoms in total. The molecule has 3 rings (SSSR count). The fourth-order valence-corrected chi connectivity index (χ4v) is 7.33. The van der Waals surface area contributed by atoms with Crippen LogP contribution >= 0.6 is 0 Å². The number of nitrogens with zero attached hydrogens (tertiary/aromatic N) is 2. The molecule has 1 saturated heterocycles. The third kappa shape index (κ3) is 8.67. The van der Waals surface area contributed by atoms with E-state index in [4.69, 9.17) is 9.47 Å². The highest BCUT2D eigenvalue weighted by Crippen LogP contribution is 2.36. The summed E-state index contributed by atoms with van der Waals surface area (Å²) in [4.78, 5) is 12.9. The SMILES string of the molecule is Cc1ccc(S(=O)(=O)N2CCC[C@H]2C(=O)OC(C)(C)C)c(O[C@H](C)CCCCN[C@@H]2CCC[C@@](C)(C#N)C2)c1. The highest BCUT2D eigenvalue weighted by molar-refractivity contribution is 7.89. The van der Waals surface area contributed by atoms with Crippen molar-refractivity contribution in [3.63, 3.8) is 0 Å². The second-order valence-corrected chi connectivity index (χ2v) is 14.5. The molecule has 0 aromatic heterocycles. The molecule has 1 heterocycles. The number of nitriles is 1. The number of hydrogen-bond donors (Lipinski definition) is 1. The molecule has 1 aromatic carbocycles. The monoisotopic (exact) mass is 561 g/mol. The Balaban J connectivity index is 1.58. The van der Waals surface area contributed by atoms with Crippen molar-refractivity contribution in [3.8, 4) is 11.8 Å². The third-order valence-corrected chi connectivity index (χ3v) is 9.56. The first kappa shape index (κ1) is 31.4. The molecule has 39 heavy (non-hydrogen) atoms. The number of benzene rings is 1. The fourth-order valence-electron chi connectivity index (χ4n) is 5.58. The van der Waals surface area contributed by atoms with Gasteiger partial charge in [-0.2, -0.15) is 9.57 Å². The second-order valence-electron chi connectivity index (χ2n) is 12.6. The van der Waals surface area contributed by atoms with E-state index in [0.717, 1.165) is 57.1 Å². The van der Waals surface area contributed by atoms with Crippen LogP contribution in [0.5, 0.6) is 5.75 Å².